The van der Waals surface area contributed by atoms with Gasteiger partial charge >= 0.3 is 0 Å². The number of nitrogens with zero attached hydrogens (tertiary/aromatic N) is 2. The van der Waals surface area contributed by atoms with Crippen molar-refractivity contribution in [2.24, 2.45) is 4.99 Å². The van der Waals surface area contributed by atoms with E-state index in [0.717, 1.165) is 10.4 Å². The van der Waals surface area contributed by atoms with Crippen LogP contribution >= 0.6 is 35.3 Å². The Balaban J connectivity index is 0.00000420. The highest BCUT2D eigenvalue weighted by Gasteiger charge is 2.24. The molecule has 2 rings (SSSR count). The van der Waals surface area contributed by atoms with Gasteiger partial charge in [0.05, 0.1) is 18.0 Å². The van der Waals surface area contributed by atoms with E-state index in [1.54, 1.807) is 31.2 Å². The third-order valence-electron chi connectivity index (χ3n) is 4.12. The van der Waals surface area contributed by atoms with Crippen LogP contribution in [0.1, 0.15) is 24.3 Å². The van der Waals surface area contributed by atoms with Gasteiger partial charge in [-0.2, -0.15) is 0 Å². The number of aliphatic imine (C=N–C) groups is 1. The van der Waals surface area contributed by atoms with Gasteiger partial charge < -0.3 is 15.7 Å². The average molecular weight is 553 g/mol. The number of sulfonamides is 1. The molecule has 0 aliphatic rings. The minimum absolute atomic E-state index is 0. The Morgan fingerprint density at radius 1 is 1.21 bits per heavy atom. The van der Waals surface area contributed by atoms with E-state index in [9.17, 15) is 13.5 Å². The summed E-state index contributed by atoms with van der Waals surface area (Å²) in [7, 11) is -0.420. The Labute approximate surface area is 194 Å². The number of halogens is 1. The summed E-state index contributed by atoms with van der Waals surface area (Å²) >= 11 is 1.51. The van der Waals surface area contributed by atoms with Crippen molar-refractivity contribution in [3.63, 3.8) is 0 Å². The average Bonchev–Trinajstić information content (AvgIpc) is 3.20. The van der Waals surface area contributed by atoms with Gasteiger partial charge in [-0.3, -0.25) is 0 Å². The summed E-state index contributed by atoms with van der Waals surface area (Å²) in [6, 6.07) is 10.5. The van der Waals surface area contributed by atoms with Gasteiger partial charge in [0, 0.05) is 25.5 Å². The number of thiophene rings is 1. The highest BCUT2D eigenvalue weighted by atomic mass is 127. The van der Waals surface area contributed by atoms with Crippen LogP contribution in [0.5, 0.6) is 0 Å². The van der Waals surface area contributed by atoms with Crippen molar-refractivity contribution in [1.29, 1.82) is 0 Å². The lowest BCUT2D eigenvalue weighted by Crippen LogP contribution is -2.44. The summed E-state index contributed by atoms with van der Waals surface area (Å²) in [5.41, 5.74) is -0.105. The van der Waals surface area contributed by atoms with Crippen LogP contribution in [0.2, 0.25) is 0 Å². The first kappa shape index (κ1) is 25.8. The lowest BCUT2D eigenvalue weighted by atomic mass is 10.1. The molecule has 1 aromatic carbocycles. The minimum Gasteiger partial charge on any atom is -0.383 e. The molecule has 1 unspecified atom stereocenters. The first-order chi connectivity index (χ1) is 13.2. The van der Waals surface area contributed by atoms with Gasteiger partial charge in [0.25, 0.3) is 0 Å². The molecule has 0 amide bonds. The molecule has 3 N–H and O–H groups in total. The smallest absolute Gasteiger partial charge is 0.242 e. The summed E-state index contributed by atoms with van der Waals surface area (Å²) in [6.45, 7) is 5.12. The van der Waals surface area contributed by atoms with Crippen LogP contribution in [0.3, 0.4) is 0 Å². The topological polar surface area (TPSA) is 94.0 Å². The maximum absolute atomic E-state index is 12.1. The van der Waals surface area contributed by atoms with Gasteiger partial charge in [0.2, 0.25) is 10.0 Å². The third kappa shape index (κ3) is 7.21. The molecule has 1 atom stereocenters. The van der Waals surface area contributed by atoms with Crippen molar-refractivity contribution < 1.29 is 13.5 Å². The standard InChI is InChI=1S/C19H28N4O3S2.HI/c1-5-20-18(22-14-19(2,24)17-7-6-12-27-17)21-13-15-8-10-16(11-9-15)28(25,26)23(3)4;/h6-12,24H,5,13-14H2,1-4H3,(H2,20,21,22);1H. The number of hydrogen-bond acceptors (Lipinski definition) is 5. The number of nitrogens with one attached hydrogen (secondary N) is 2. The summed E-state index contributed by atoms with van der Waals surface area (Å²) in [5, 5.41) is 18.9. The van der Waals surface area contributed by atoms with Crippen molar-refractivity contribution in [1.82, 2.24) is 14.9 Å². The molecule has 10 heteroatoms. The fourth-order valence-electron chi connectivity index (χ4n) is 2.42. The molecule has 162 valence electrons. The highest BCUT2D eigenvalue weighted by Crippen LogP contribution is 2.24. The molecule has 0 radical (unpaired) electrons. The van der Waals surface area contributed by atoms with E-state index in [-0.39, 0.29) is 28.9 Å². The lowest BCUT2D eigenvalue weighted by Gasteiger charge is -2.23. The monoisotopic (exact) mass is 552 g/mol. The summed E-state index contributed by atoms with van der Waals surface area (Å²) in [6.07, 6.45) is 0. The third-order valence-corrected chi connectivity index (χ3v) is 7.07. The number of hydrogen-bond donors (Lipinski definition) is 3. The molecule has 7 nitrogen and oxygen atoms in total. The molecule has 0 saturated carbocycles. The molecule has 1 aromatic heterocycles. The van der Waals surface area contributed by atoms with E-state index in [1.807, 2.05) is 24.4 Å². The molecule has 0 fully saturated rings. The van der Waals surface area contributed by atoms with E-state index >= 15 is 0 Å². The Kier molecular flexibility index (Phi) is 10.0. The summed E-state index contributed by atoms with van der Waals surface area (Å²) in [4.78, 5) is 5.66. The van der Waals surface area contributed by atoms with Crippen molar-refractivity contribution >= 4 is 51.3 Å². The van der Waals surface area contributed by atoms with Crippen LogP contribution in [0.25, 0.3) is 0 Å². The zero-order chi connectivity index (χ0) is 20.8. The molecule has 0 saturated heterocycles. The van der Waals surface area contributed by atoms with Gasteiger partial charge in [0.15, 0.2) is 5.96 Å². The molecule has 1 heterocycles. The van der Waals surface area contributed by atoms with Crippen LogP contribution in [0.15, 0.2) is 51.7 Å². The maximum atomic E-state index is 12.1. The second-order valence-corrected chi connectivity index (χ2v) is 9.83. The molecule has 0 aliphatic heterocycles. The van der Waals surface area contributed by atoms with E-state index < -0.39 is 15.6 Å². The molecular weight excluding hydrogens is 523 g/mol. The number of aliphatic hydroxyl groups is 1. The Morgan fingerprint density at radius 2 is 1.86 bits per heavy atom. The summed E-state index contributed by atoms with van der Waals surface area (Å²) in [5.74, 6) is 0.587. The van der Waals surface area contributed by atoms with E-state index in [0.29, 0.717) is 25.6 Å². The lowest BCUT2D eigenvalue weighted by molar-refractivity contribution is 0.0655. The fraction of sp³-hybridized carbons (Fsp3) is 0.421. The van der Waals surface area contributed by atoms with E-state index in [1.165, 1.54) is 29.7 Å². The van der Waals surface area contributed by atoms with Crippen molar-refractivity contribution in [2.75, 3.05) is 27.2 Å². The van der Waals surface area contributed by atoms with Crippen LogP contribution in [-0.4, -0.2) is 51.0 Å². The molecule has 0 bridgehead atoms. The highest BCUT2D eigenvalue weighted by molar-refractivity contribution is 14.0. The second-order valence-electron chi connectivity index (χ2n) is 6.73. The predicted octanol–water partition coefficient (Wildman–Crippen LogP) is 2.58. The van der Waals surface area contributed by atoms with Crippen molar-refractivity contribution in [2.45, 2.75) is 30.9 Å². The van der Waals surface area contributed by atoms with Gasteiger partial charge in [-0.15, -0.1) is 35.3 Å². The van der Waals surface area contributed by atoms with Gasteiger partial charge in [0.1, 0.15) is 5.60 Å². The first-order valence-corrected chi connectivity index (χ1v) is 11.3. The van der Waals surface area contributed by atoms with Crippen LogP contribution in [-0.2, 0) is 22.2 Å². The molecular formula is C19H29IN4O3S2. The van der Waals surface area contributed by atoms with E-state index in [2.05, 4.69) is 15.6 Å². The van der Waals surface area contributed by atoms with Gasteiger partial charge in [-0.25, -0.2) is 17.7 Å². The zero-order valence-electron chi connectivity index (χ0n) is 17.0. The van der Waals surface area contributed by atoms with Crippen LogP contribution in [0.4, 0.5) is 0 Å². The summed E-state index contributed by atoms with van der Waals surface area (Å²) < 4.78 is 25.4. The fourth-order valence-corrected chi connectivity index (χ4v) is 4.11. The Morgan fingerprint density at radius 3 is 2.38 bits per heavy atom. The minimum atomic E-state index is -3.43. The van der Waals surface area contributed by atoms with Crippen LogP contribution < -0.4 is 10.6 Å². The normalized spacial score (nSPS) is 14.2. The molecule has 0 aliphatic carbocycles. The zero-order valence-corrected chi connectivity index (χ0v) is 21.0. The quantitative estimate of drug-likeness (QED) is 0.266. The number of benzene rings is 1. The van der Waals surface area contributed by atoms with Crippen molar-refractivity contribution in [3.8, 4) is 0 Å². The predicted molar refractivity (Wildman–Crippen MR) is 129 cm³/mol. The molecule has 29 heavy (non-hydrogen) atoms. The van der Waals surface area contributed by atoms with Crippen molar-refractivity contribution in [3.05, 3.63) is 52.2 Å². The van der Waals surface area contributed by atoms with Gasteiger partial charge in [-0.1, -0.05) is 18.2 Å². The molecule has 2 aromatic rings. The maximum Gasteiger partial charge on any atom is 0.242 e. The second kappa shape index (κ2) is 11.3. The van der Waals surface area contributed by atoms with Gasteiger partial charge in [-0.05, 0) is 43.0 Å². The Bertz CT molecular complexity index is 881. The Hall–Kier alpha value is -1.21. The van der Waals surface area contributed by atoms with E-state index in [4.69, 9.17) is 0 Å². The number of rotatable bonds is 8. The van der Waals surface area contributed by atoms with Crippen LogP contribution in [0, 0.1) is 0 Å². The number of guanidine groups is 1. The largest absolute Gasteiger partial charge is 0.383 e. The molecule has 0 spiro atoms. The SMILES string of the molecule is CCNC(=NCc1ccc(S(=O)(=O)N(C)C)cc1)NCC(C)(O)c1cccs1.I. The first-order valence-electron chi connectivity index (χ1n) is 8.97.